The first-order valence-electron chi connectivity index (χ1n) is 7.62. The highest BCUT2D eigenvalue weighted by molar-refractivity contribution is 9.10. The summed E-state index contributed by atoms with van der Waals surface area (Å²) in [6.07, 6.45) is 2.94. The van der Waals surface area contributed by atoms with Crippen LogP contribution < -0.4 is 0 Å². The molecule has 4 nitrogen and oxygen atoms in total. The number of hydrogen-bond donors (Lipinski definition) is 1. The van der Waals surface area contributed by atoms with Crippen molar-refractivity contribution in [1.82, 2.24) is 4.90 Å². The van der Waals surface area contributed by atoms with E-state index >= 15 is 0 Å². The van der Waals surface area contributed by atoms with Crippen molar-refractivity contribution >= 4 is 27.8 Å². The fourth-order valence-electron chi connectivity index (χ4n) is 3.80. The summed E-state index contributed by atoms with van der Waals surface area (Å²) in [7, 11) is 1.71. The molecule has 3 rings (SSSR count). The minimum atomic E-state index is -0.860. The zero-order valence-electron chi connectivity index (χ0n) is 12.8. The summed E-state index contributed by atoms with van der Waals surface area (Å²) in [4.78, 5) is 25.2. The first-order valence-corrected chi connectivity index (χ1v) is 8.41. The van der Waals surface area contributed by atoms with Crippen LogP contribution in [0.15, 0.2) is 22.7 Å². The number of rotatable bonds is 4. The molecule has 0 aromatic heterocycles. The van der Waals surface area contributed by atoms with E-state index in [0.717, 1.165) is 23.7 Å². The van der Waals surface area contributed by atoms with Gasteiger partial charge in [0.15, 0.2) is 0 Å². The third-order valence-corrected chi connectivity index (χ3v) is 5.66. The van der Waals surface area contributed by atoms with Crippen molar-refractivity contribution in [3.05, 3.63) is 33.8 Å². The highest BCUT2D eigenvalue weighted by atomic mass is 79.9. The summed E-state index contributed by atoms with van der Waals surface area (Å²) >= 11 is 3.50. The zero-order chi connectivity index (χ0) is 16.1. The second-order valence-electron chi connectivity index (χ2n) is 6.67. The van der Waals surface area contributed by atoms with E-state index in [4.69, 9.17) is 5.11 Å². The standard InChI is InChI=1S/C17H20BrNO3/c1-10(16(21)22)9-19(2)15(20)14-8-17(14)6-5-11-7-12(18)3-4-13(11)17/h3-4,7,10,14H,5-6,8-9H2,1-2H3,(H,21,22). The molecule has 0 radical (unpaired) electrons. The highest BCUT2D eigenvalue weighted by Crippen LogP contribution is 2.62. The number of amides is 1. The Morgan fingerprint density at radius 3 is 2.91 bits per heavy atom. The highest BCUT2D eigenvalue weighted by Gasteiger charge is 2.61. The van der Waals surface area contributed by atoms with Crippen LogP contribution in [-0.4, -0.2) is 35.5 Å². The Labute approximate surface area is 138 Å². The van der Waals surface area contributed by atoms with E-state index < -0.39 is 11.9 Å². The molecule has 1 amide bonds. The van der Waals surface area contributed by atoms with Gasteiger partial charge < -0.3 is 10.0 Å². The van der Waals surface area contributed by atoms with Gasteiger partial charge in [0.1, 0.15) is 0 Å². The van der Waals surface area contributed by atoms with E-state index in [0.29, 0.717) is 0 Å². The Balaban J connectivity index is 1.73. The van der Waals surface area contributed by atoms with Gasteiger partial charge in [-0.25, -0.2) is 0 Å². The smallest absolute Gasteiger partial charge is 0.308 e. The summed E-state index contributed by atoms with van der Waals surface area (Å²) in [5.41, 5.74) is 2.66. The number of carbonyl (C=O) groups is 2. The summed E-state index contributed by atoms with van der Waals surface area (Å²) < 4.78 is 1.08. The molecule has 5 heteroatoms. The van der Waals surface area contributed by atoms with Crippen LogP contribution in [0.2, 0.25) is 0 Å². The van der Waals surface area contributed by atoms with Crippen LogP contribution in [-0.2, 0) is 21.4 Å². The number of hydrogen-bond acceptors (Lipinski definition) is 2. The van der Waals surface area contributed by atoms with Gasteiger partial charge in [-0.05, 0) is 42.5 Å². The molecule has 1 aromatic rings. The summed E-state index contributed by atoms with van der Waals surface area (Å²) in [6, 6.07) is 6.34. The van der Waals surface area contributed by atoms with Gasteiger partial charge in [-0.2, -0.15) is 0 Å². The lowest BCUT2D eigenvalue weighted by Gasteiger charge is -2.21. The van der Waals surface area contributed by atoms with Crippen molar-refractivity contribution in [2.75, 3.05) is 13.6 Å². The lowest BCUT2D eigenvalue weighted by atomic mass is 9.95. The second kappa shape index (κ2) is 5.37. The lowest BCUT2D eigenvalue weighted by Crippen LogP contribution is -2.36. The van der Waals surface area contributed by atoms with Crippen molar-refractivity contribution < 1.29 is 14.7 Å². The first kappa shape index (κ1) is 15.5. The fraction of sp³-hybridized carbons (Fsp3) is 0.529. The molecule has 118 valence electrons. The number of aliphatic carboxylic acids is 1. The van der Waals surface area contributed by atoms with E-state index in [1.165, 1.54) is 11.1 Å². The quantitative estimate of drug-likeness (QED) is 0.892. The van der Waals surface area contributed by atoms with Crippen molar-refractivity contribution in [3.8, 4) is 0 Å². The van der Waals surface area contributed by atoms with E-state index in [2.05, 4.69) is 28.1 Å². The molecule has 1 saturated carbocycles. The Kier molecular flexibility index (Phi) is 3.79. The summed E-state index contributed by atoms with van der Waals surface area (Å²) in [5.74, 6) is -1.29. The molecule has 3 atom stereocenters. The minimum absolute atomic E-state index is 0.00778. The van der Waals surface area contributed by atoms with Crippen molar-refractivity contribution in [2.24, 2.45) is 11.8 Å². The van der Waals surface area contributed by atoms with Gasteiger partial charge in [-0.3, -0.25) is 9.59 Å². The number of nitrogens with zero attached hydrogens (tertiary/aromatic N) is 1. The maximum Gasteiger partial charge on any atom is 0.308 e. The monoisotopic (exact) mass is 365 g/mol. The number of fused-ring (bicyclic) bond motifs is 2. The van der Waals surface area contributed by atoms with E-state index in [9.17, 15) is 9.59 Å². The van der Waals surface area contributed by atoms with Crippen molar-refractivity contribution in [3.63, 3.8) is 0 Å². The molecule has 1 aromatic carbocycles. The van der Waals surface area contributed by atoms with Crippen molar-refractivity contribution in [1.29, 1.82) is 0 Å². The molecule has 0 heterocycles. The van der Waals surface area contributed by atoms with Gasteiger partial charge in [0.05, 0.1) is 5.92 Å². The molecule has 0 bridgehead atoms. The predicted octanol–water partition coefficient (Wildman–Crippen LogP) is 2.83. The molecule has 0 saturated heterocycles. The normalized spacial score (nSPS) is 26.6. The van der Waals surface area contributed by atoms with Crippen molar-refractivity contribution in [2.45, 2.75) is 31.6 Å². The van der Waals surface area contributed by atoms with Crippen LogP contribution >= 0.6 is 15.9 Å². The van der Waals surface area contributed by atoms with Gasteiger partial charge in [0.2, 0.25) is 5.91 Å². The Bertz CT molecular complexity index is 645. The third-order valence-electron chi connectivity index (χ3n) is 5.16. The van der Waals surface area contributed by atoms with E-state index in [-0.39, 0.29) is 23.8 Å². The number of aryl methyl sites for hydroxylation is 1. The number of halogens is 1. The van der Waals surface area contributed by atoms with E-state index in [1.54, 1.807) is 18.9 Å². The number of benzene rings is 1. The van der Waals surface area contributed by atoms with Gasteiger partial charge in [-0.1, -0.05) is 28.9 Å². The van der Waals surface area contributed by atoms with E-state index in [1.807, 2.05) is 6.07 Å². The molecule has 1 spiro atoms. The zero-order valence-corrected chi connectivity index (χ0v) is 14.4. The summed E-state index contributed by atoms with van der Waals surface area (Å²) in [5, 5.41) is 8.99. The molecule has 3 unspecified atom stereocenters. The Hall–Kier alpha value is -1.36. The summed E-state index contributed by atoms with van der Waals surface area (Å²) in [6.45, 7) is 1.91. The molecular weight excluding hydrogens is 346 g/mol. The Morgan fingerprint density at radius 1 is 1.50 bits per heavy atom. The molecule has 1 fully saturated rings. The first-order chi connectivity index (χ1) is 10.3. The van der Waals surface area contributed by atoms with Gasteiger partial charge in [0.25, 0.3) is 0 Å². The second-order valence-corrected chi connectivity index (χ2v) is 7.59. The SMILES string of the molecule is CC(CN(C)C(=O)C1CC12CCc1cc(Br)ccc12)C(=O)O. The minimum Gasteiger partial charge on any atom is -0.481 e. The topological polar surface area (TPSA) is 57.6 Å². The molecule has 2 aliphatic rings. The number of carboxylic acids is 1. The maximum atomic E-state index is 12.6. The van der Waals surface area contributed by atoms with Gasteiger partial charge >= 0.3 is 5.97 Å². The van der Waals surface area contributed by atoms with Gasteiger partial charge in [-0.15, -0.1) is 0 Å². The molecule has 22 heavy (non-hydrogen) atoms. The average Bonchev–Trinajstić information content (AvgIpc) is 3.08. The maximum absolute atomic E-state index is 12.6. The fourth-order valence-corrected chi connectivity index (χ4v) is 4.20. The largest absolute Gasteiger partial charge is 0.481 e. The lowest BCUT2D eigenvalue weighted by molar-refractivity contribution is -0.142. The van der Waals surface area contributed by atoms with Crippen LogP contribution in [0.5, 0.6) is 0 Å². The van der Waals surface area contributed by atoms with Gasteiger partial charge in [0, 0.05) is 29.4 Å². The van der Waals surface area contributed by atoms with Crippen LogP contribution in [0.4, 0.5) is 0 Å². The molecular formula is C17H20BrNO3. The van der Waals surface area contributed by atoms with Crippen LogP contribution in [0.3, 0.4) is 0 Å². The van der Waals surface area contributed by atoms with Crippen LogP contribution in [0.25, 0.3) is 0 Å². The third kappa shape index (κ3) is 2.45. The number of carbonyl (C=O) groups excluding carboxylic acids is 1. The molecule has 2 aliphatic carbocycles. The predicted molar refractivity (Wildman–Crippen MR) is 86.7 cm³/mol. The number of carboxylic acid groups (broad SMARTS) is 1. The van der Waals surface area contributed by atoms with Crippen LogP contribution in [0, 0.1) is 11.8 Å². The average molecular weight is 366 g/mol. The molecule has 0 aliphatic heterocycles. The van der Waals surface area contributed by atoms with Crippen LogP contribution in [0.1, 0.15) is 30.9 Å². The Morgan fingerprint density at radius 2 is 2.23 bits per heavy atom. The molecule has 1 N–H and O–H groups in total.